The Labute approximate surface area is 120 Å². The maximum Gasteiger partial charge on any atom is 0.251 e. The average molecular weight is 274 g/mol. The lowest BCUT2D eigenvalue weighted by molar-refractivity contribution is 0.0937. The third kappa shape index (κ3) is 3.76. The first-order chi connectivity index (χ1) is 9.56. The zero-order valence-electron chi connectivity index (χ0n) is 11.9. The minimum absolute atomic E-state index is 0.0583. The number of carbonyl (C=O) groups is 1. The largest absolute Gasteiger partial charge is 0.487 e. The van der Waals surface area contributed by atoms with Gasteiger partial charge in [0.15, 0.2) is 0 Å². The molecule has 4 heteroatoms. The van der Waals surface area contributed by atoms with Crippen molar-refractivity contribution in [2.75, 3.05) is 12.3 Å². The Morgan fingerprint density at radius 3 is 2.80 bits per heavy atom. The zero-order chi connectivity index (χ0) is 14.5. The highest BCUT2D eigenvalue weighted by Gasteiger charge is 2.18. The van der Waals surface area contributed by atoms with Gasteiger partial charge in [0.1, 0.15) is 12.4 Å². The van der Waals surface area contributed by atoms with Crippen molar-refractivity contribution in [2.45, 2.75) is 38.6 Å². The standard InChI is InChI=1S/C16H22N2O2/c1-11(2)10-20-15-9-12(7-8-14(15)17)16(19)18-13-5-3-4-6-13/h7-9,13H,1,3-6,10,17H2,2H3,(H,18,19). The number of carbonyl (C=O) groups excluding carboxylic acids is 1. The van der Waals surface area contributed by atoms with Gasteiger partial charge in [0.25, 0.3) is 5.91 Å². The van der Waals surface area contributed by atoms with Gasteiger partial charge in [0, 0.05) is 11.6 Å². The second kappa shape index (κ2) is 6.46. The van der Waals surface area contributed by atoms with Crippen molar-refractivity contribution < 1.29 is 9.53 Å². The van der Waals surface area contributed by atoms with E-state index < -0.39 is 0 Å². The Morgan fingerprint density at radius 1 is 1.45 bits per heavy atom. The van der Waals surface area contributed by atoms with Gasteiger partial charge in [-0.2, -0.15) is 0 Å². The summed E-state index contributed by atoms with van der Waals surface area (Å²) in [7, 11) is 0. The van der Waals surface area contributed by atoms with Crippen LogP contribution in [0.4, 0.5) is 5.69 Å². The van der Waals surface area contributed by atoms with Crippen LogP contribution in [0.25, 0.3) is 0 Å². The van der Waals surface area contributed by atoms with E-state index in [1.807, 2.05) is 6.92 Å². The van der Waals surface area contributed by atoms with Gasteiger partial charge in [-0.05, 0) is 43.5 Å². The summed E-state index contributed by atoms with van der Waals surface area (Å²) in [5.74, 6) is 0.476. The number of nitrogens with one attached hydrogen (secondary N) is 1. The summed E-state index contributed by atoms with van der Waals surface area (Å²) in [5, 5.41) is 3.05. The lowest BCUT2D eigenvalue weighted by Crippen LogP contribution is -2.32. The van der Waals surface area contributed by atoms with Crippen LogP contribution in [0.3, 0.4) is 0 Å². The second-order valence-electron chi connectivity index (χ2n) is 5.45. The molecule has 1 aromatic rings. The van der Waals surface area contributed by atoms with Gasteiger partial charge in [-0.1, -0.05) is 19.4 Å². The molecule has 1 aromatic carbocycles. The van der Waals surface area contributed by atoms with Gasteiger partial charge in [-0.15, -0.1) is 0 Å². The van der Waals surface area contributed by atoms with Crippen LogP contribution in [0.1, 0.15) is 43.0 Å². The van der Waals surface area contributed by atoms with Crippen molar-refractivity contribution in [1.82, 2.24) is 5.32 Å². The number of hydrogen-bond donors (Lipinski definition) is 2. The lowest BCUT2D eigenvalue weighted by atomic mass is 10.1. The van der Waals surface area contributed by atoms with Crippen molar-refractivity contribution in [2.24, 2.45) is 0 Å². The summed E-state index contributed by atoms with van der Waals surface area (Å²) >= 11 is 0. The number of anilines is 1. The maximum atomic E-state index is 12.2. The van der Waals surface area contributed by atoms with E-state index in [2.05, 4.69) is 11.9 Å². The Hall–Kier alpha value is -1.97. The molecule has 0 aliphatic heterocycles. The number of nitrogen functional groups attached to an aromatic ring is 1. The van der Waals surface area contributed by atoms with E-state index in [0.29, 0.717) is 29.6 Å². The highest BCUT2D eigenvalue weighted by atomic mass is 16.5. The molecule has 0 atom stereocenters. The predicted octanol–water partition coefficient (Wildman–Crippen LogP) is 2.90. The van der Waals surface area contributed by atoms with Crippen LogP contribution in [0.5, 0.6) is 5.75 Å². The van der Waals surface area contributed by atoms with Crippen molar-refractivity contribution in [3.63, 3.8) is 0 Å². The fourth-order valence-corrected chi connectivity index (χ4v) is 2.34. The molecule has 1 saturated carbocycles. The first kappa shape index (κ1) is 14.4. The van der Waals surface area contributed by atoms with Crippen molar-refractivity contribution in [3.8, 4) is 5.75 Å². The second-order valence-corrected chi connectivity index (χ2v) is 5.45. The van der Waals surface area contributed by atoms with E-state index in [4.69, 9.17) is 10.5 Å². The van der Waals surface area contributed by atoms with E-state index in [-0.39, 0.29) is 5.91 Å². The molecule has 3 N–H and O–H groups in total. The quantitative estimate of drug-likeness (QED) is 0.641. The Morgan fingerprint density at radius 2 is 2.15 bits per heavy atom. The Kier molecular flexibility index (Phi) is 4.66. The van der Waals surface area contributed by atoms with E-state index in [9.17, 15) is 4.79 Å². The fraction of sp³-hybridized carbons (Fsp3) is 0.438. The van der Waals surface area contributed by atoms with Crippen LogP contribution in [0, 0.1) is 0 Å². The highest BCUT2D eigenvalue weighted by molar-refractivity contribution is 5.95. The van der Waals surface area contributed by atoms with Gasteiger partial charge >= 0.3 is 0 Å². The molecule has 2 rings (SSSR count). The van der Waals surface area contributed by atoms with Crippen molar-refractivity contribution >= 4 is 11.6 Å². The molecule has 0 spiro atoms. The van der Waals surface area contributed by atoms with Crippen molar-refractivity contribution in [1.29, 1.82) is 0 Å². The van der Waals surface area contributed by atoms with E-state index >= 15 is 0 Å². The minimum Gasteiger partial charge on any atom is -0.487 e. The molecule has 1 aliphatic carbocycles. The van der Waals surface area contributed by atoms with Crippen LogP contribution in [0.15, 0.2) is 30.4 Å². The first-order valence-electron chi connectivity index (χ1n) is 7.04. The Bertz CT molecular complexity index is 505. The highest BCUT2D eigenvalue weighted by Crippen LogP contribution is 2.24. The van der Waals surface area contributed by atoms with Gasteiger partial charge in [0.2, 0.25) is 0 Å². The van der Waals surface area contributed by atoms with Crippen LogP contribution in [-0.2, 0) is 0 Å². The zero-order valence-corrected chi connectivity index (χ0v) is 11.9. The molecule has 20 heavy (non-hydrogen) atoms. The Balaban J connectivity index is 2.05. The summed E-state index contributed by atoms with van der Waals surface area (Å²) in [6.45, 7) is 6.06. The number of amides is 1. The molecule has 0 radical (unpaired) electrons. The van der Waals surface area contributed by atoms with Crippen molar-refractivity contribution in [3.05, 3.63) is 35.9 Å². The molecule has 1 aliphatic rings. The number of benzene rings is 1. The summed E-state index contributed by atoms with van der Waals surface area (Å²) < 4.78 is 5.55. The first-order valence-corrected chi connectivity index (χ1v) is 7.04. The van der Waals surface area contributed by atoms with Crippen LogP contribution >= 0.6 is 0 Å². The smallest absolute Gasteiger partial charge is 0.251 e. The van der Waals surface area contributed by atoms with Gasteiger partial charge in [-0.3, -0.25) is 4.79 Å². The summed E-state index contributed by atoms with van der Waals surface area (Å²) in [5.41, 5.74) is 7.88. The predicted molar refractivity (Wildman–Crippen MR) is 80.9 cm³/mol. The monoisotopic (exact) mass is 274 g/mol. The SMILES string of the molecule is C=C(C)COc1cc(C(=O)NC2CCCC2)ccc1N. The molecule has 108 valence electrons. The molecular weight excluding hydrogens is 252 g/mol. The molecule has 4 nitrogen and oxygen atoms in total. The molecule has 0 saturated heterocycles. The molecule has 0 unspecified atom stereocenters. The summed E-state index contributed by atoms with van der Waals surface area (Å²) in [6, 6.07) is 5.44. The minimum atomic E-state index is -0.0583. The maximum absolute atomic E-state index is 12.2. The topological polar surface area (TPSA) is 64.3 Å². The van der Waals surface area contributed by atoms with Gasteiger partial charge in [0.05, 0.1) is 5.69 Å². The number of hydrogen-bond acceptors (Lipinski definition) is 3. The molecule has 0 heterocycles. The summed E-state index contributed by atoms with van der Waals surface area (Å²) in [4.78, 5) is 12.2. The molecule has 0 aromatic heterocycles. The normalized spacial score (nSPS) is 15.1. The molecular formula is C16H22N2O2. The number of ether oxygens (including phenoxy) is 1. The number of rotatable bonds is 5. The molecule has 0 bridgehead atoms. The lowest BCUT2D eigenvalue weighted by Gasteiger charge is -2.14. The third-order valence-corrected chi connectivity index (χ3v) is 3.44. The molecule has 1 amide bonds. The van der Waals surface area contributed by atoms with E-state index in [1.54, 1.807) is 18.2 Å². The summed E-state index contributed by atoms with van der Waals surface area (Å²) in [6.07, 6.45) is 4.53. The van der Waals surface area contributed by atoms with E-state index in [1.165, 1.54) is 12.8 Å². The van der Waals surface area contributed by atoms with Crippen LogP contribution < -0.4 is 15.8 Å². The van der Waals surface area contributed by atoms with E-state index in [0.717, 1.165) is 18.4 Å². The van der Waals surface area contributed by atoms with Gasteiger partial charge < -0.3 is 15.8 Å². The van der Waals surface area contributed by atoms with Crippen LogP contribution in [-0.4, -0.2) is 18.6 Å². The fourth-order valence-electron chi connectivity index (χ4n) is 2.34. The third-order valence-electron chi connectivity index (χ3n) is 3.44. The molecule has 1 fully saturated rings. The number of nitrogens with two attached hydrogens (primary N) is 1. The van der Waals surface area contributed by atoms with Gasteiger partial charge in [-0.25, -0.2) is 0 Å². The van der Waals surface area contributed by atoms with Crippen LogP contribution in [0.2, 0.25) is 0 Å². The average Bonchev–Trinajstić information content (AvgIpc) is 2.90.